The van der Waals surface area contributed by atoms with Gasteiger partial charge < -0.3 is 15.3 Å². The molecule has 0 aliphatic heterocycles. The number of hydrogen-bond acceptors (Lipinski definition) is 3. The zero-order valence-corrected chi connectivity index (χ0v) is 12.8. The Hall–Kier alpha value is -0.120. The Labute approximate surface area is 118 Å². The quantitative estimate of drug-likeness (QED) is 0.804. The maximum atomic E-state index is 9.80. The van der Waals surface area contributed by atoms with Gasteiger partial charge in [-0.3, -0.25) is 0 Å². The summed E-state index contributed by atoms with van der Waals surface area (Å²) in [5.74, 6) is 0. The van der Waals surface area contributed by atoms with Crippen LogP contribution in [0.25, 0.3) is 0 Å². The van der Waals surface area contributed by atoms with E-state index in [0.717, 1.165) is 25.4 Å². The van der Waals surface area contributed by atoms with Crippen LogP contribution in [0.5, 0.6) is 0 Å². The summed E-state index contributed by atoms with van der Waals surface area (Å²) in [4.78, 5) is 2.64. The molecule has 0 amide bonds. The van der Waals surface area contributed by atoms with Crippen LogP contribution in [-0.2, 0) is 0 Å². The minimum Gasteiger partial charge on any atom is -0.394 e. The molecule has 19 heavy (non-hydrogen) atoms. The molecule has 112 valence electrons. The van der Waals surface area contributed by atoms with Crippen LogP contribution in [0, 0.1) is 0 Å². The third-order valence-electron chi connectivity index (χ3n) is 5.40. The van der Waals surface area contributed by atoms with Crippen molar-refractivity contribution < 1.29 is 5.11 Å². The zero-order chi connectivity index (χ0) is 13.7. The third-order valence-corrected chi connectivity index (χ3v) is 5.40. The summed E-state index contributed by atoms with van der Waals surface area (Å²) < 4.78 is 0. The molecule has 2 N–H and O–H groups in total. The smallest absolute Gasteiger partial charge is 0.0613 e. The van der Waals surface area contributed by atoms with Gasteiger partial charge in [-0.1, -0.05) is 26.2 Å². The molecule has 0 aromatic carbocycles. The van der Waals surface area contributed by atoms with Crippen molar-refractivity contribution in [1.82, 2.24) is 10.2 Å². The van der Waals surface area contributed by atoms with E-state index in [4.69, 9.17) is 0 Å². The third kappa shape index (κ3) is 3.71. The highest BCUT2D eigenvalue weighted by molar-refractivity contribution is 4.97. The highest BCUT2D eigenvalue weighted by Gasteiger charge is 2.38. The van der Waals surface area contributed by atoms with Crippen LogP contribution in [0.15, 0.2) is 0 Å². The van der Waals surface area contributed by atoms with Crippen LogP contribution in [0.1, 0.15) is 64.7 Å². The molecule has 2 aliphatic carbocycles. The van der Waals surface area contributed by atoms with Gasteiger partial charge in [-0.15, -0.1) is 0 Å². The maximum Gasteiger partial charge on any atom is 0.0613 e. The summed E-state index contributed by atoms with van der Waals surface area (Å²) in [5.41, 5.74) is -0.0133. The molecule has 2 aliphatic rings. The average Bonchev–Trinajstić information content (AvgIpc) is 2.48. The molecule has 3 heteroatoms. The molecular weight excluding hydrogens is 236 g/mol. The van der Waals surface area contributed by atoms with Crippen LogP contribution in [0.2, 0.25) is 0 Å². The first kappa shape index (κ1) is 15.3. The lowest BCUT2D eigenvalue weighted by atomic mass is 9.78. The van der Waals surface area contributed by atoms with Crippen molar-refractivity contribution in [3.63, 3.8) is 0 Å². The van der Waals surface area contributed by atoms with Gasteiger partial charge in [0.05, 0.1) is 6.61 Å². The van der Waals surface area contributed by atoms with E-state index in [9.17, 15) is 5.11 Å². The van der Waals surface area contributed by atoms with E-state index >= 15 is 0 Å². The number of rotatable bonds is 5. The molecule has 0 aromatic rings. The first-order valence-corrected chi connectivity index (χ1v) is 8.28. The largest absolute Gasteiger partial charge is 0.394 e. The van der Waals surface area contributed by atoms with E-state index in [1.807, 2.05) is 0 Å². The van der Waals surface area contributed by atoms with Gasteiger partial charge in [0, 0.05) is 17.6 Å². The fourth-order valence-corrected chi connectivity index (χ4v) is 4.20. The Bertz CT molecular complexity index is 261. The van der Waals surface area contributed by atoms with Crippen molar-refractivity contribution in [1.29, 1.82) is 0 Å². The minimum absolute atomic E-state index is 0.0133. The van der Waals surface area contributed by atoms with Crippen molar-refractivity contribution in [2.24, 2.45) is 0 Å². The predicted octanol–water partition coefficient (Wildman–Crippen LogP) is 2.53. The summed E-state index contributed by atoms with van der Waals surface area (Å²) in [5, 5.41) is 13.4. The van der Waals surface area contributed by atoms with Crippen molar-refractivity contribution >= 4 is 0 Å². The maximum absolute atomic E-state index is 9.80. The van der Waals surface area contributed by atoms with Gasteiger partial charge in [0.2, 0.25) is 0 Å². The molecule has 3 nitrogen and oxygen atoms in total. The number of nitrogens with zero attached hydrogens (tertiary/aromatic N) is 1. The lowest BCUT2D eigenvalue weighted by Gasteiger charge is -2.46. The van der Waals surface area contributed by atoms with Crippen molar-refractivity contribution in [2.45, 2.75) is 82.3 Å². The van der Waals surface area contributed by atoms with Crippen molar-refractivity contribution in [3.8, 4) is 0 Å². The summed E-state index contributed by atoms with van der Waals surface area (Å²) in [6, 6.07) is 1.44. The number of aliphatic hydroxyl groups is 1. The topological polar surface area (TPSA) is 35.5 Å². The summed E-state index contributed by atoms with van der Waals surface area (Å²) >= 11 is 0. The van der Waals surface area contributed by atoms with E-state index in [-0.39, 0.29) is 12.1 Å². The summed E-state index contributed by atoms with van der Waals surface area (Å²) in [6.45, 7) is 3.39. The van der Waals surface area contributed by atoms with Crippen molar-refractivity contribution in [3.05, 3.63) is 0 Å². The second kappa shape index (κ2) is 7.05. The number of likely N-dealkylation sites (N-methyl/N-ethyl adjacent to an activating group) is 1. The molecule has 0 bridgehead atoms. The Morgan fingerprint density at radius 2 is 1.79 bits per heavy atom. The highest BCUT2D eigenvalue weighted by atomic mass is 16.3. The van der Waals surface area contributed by atoms with Crippen LogP contribution < -0.4 is 5.32 Å². The van der Waals surface area contributed by atoms with Crippen LogP contribution in [0.4, 0.5) is 0 Å². The van der Waals surface area contributed by atoms with Gasteiger partial charge in [-0.25, -0.2) is 0 Å². The van der Waals surface area contributed by atoms with Gasteiger partial charge in [0.1, 0.15) is 0 Å². The predicted molar refractivity (Wildman–Crippen MR) is 80.4 cm³/mol. The van der Waals surface area contributed by atoms with E-state index < -0.39 is 0 Å². The molecule has 0 heterocycles. The second-order valence-electron chi connectivity index (χ2n) is 6.68. The molecule has 0 aromatic heterocycles. The van der Waals surface area contributed by atoms with Gasteiger partial charge >= 0.3 is 0 Å². The molecule has 2 fully saturated rings. The Balaban J connectivity index is 1.95. The van der Waals surface area contributed by atoms with Crippen LogP contribution in [-0.4, -0.2) is 47.8 Å². The molecule has 0 saturated heterocycles. The fourth-order valence-electron chi connectivity index (χ4n) is 4.20. The zero-order valence-electron chi connectivity index (χ0n) is 12.8. The van der Waals surface area contributed by atoms with E-state index in [1.54, 1.807) is 0 Å². The Morgan fingerprint density at radius 1 is 1.11 bits per heavy atom. The Kier molecular flexibility index (Phi) is 5.67. The molecular formula is C16H32N2O. The second-order valence-corrected chi connectivity index (χ2v) is 6.68. The number of aliphatic hydroxyl groups excluding tert-OH is 1. The monoisotopic (exact) mass is 268 g/mol. The fraction of sp³-hybridized carbons (Fsp3) is 1.00. The summed E-state index contributed by atoms with van der Waals surface area (Å²) in [7, 11) is 2.32. The first-order valence-electron chi connectivity index (χ1n) is 8.28. The van der Waals surface area contributed by atoms with Gasteiger partial charge in [-0.2, -0.15) is 0 Å². The number of nitrogens with one attached hydrogen (secondary N) is 1. The molecule has 0 radical (unpaired) electrons. The average molecular weight is 268 g/mol. The van der Waals surface area contributed by atoms with E-state index in [0.29, 0.717) is 6.04 Å². The first-order chi connectivity index (χ1) is 9.21. The molecule has 2 atom stereocenters. The minimum atomic E-state index is -0.0133. The molecule has 2 saturated carbocycles. The molecule has 2 unspecified atom stereocenters. The lowest BCUT2D eigenvalue weighted by molar-refractivity contribution is 0.0447. The van der Waals surface area contributed by atoms with E-state index in [1.165, 1.54) is 44.9 Å². The summed E-state index contributed by atoms with van der Waals surface area (Å²) in [6.07, 6.45) is 11.8. The van der Waals surface area contributed by atoms with E-state index in [2.05, 4.69) is 24.2 Å². The SMILES string of the molecule is CCNC1(CO)CCCC(N(C)C2CCCCC2)C1. The molecule has 0 spiro atoms. The van der Waals surface area contributed by atoms with Gasteiger partial charge in [0.15, 0.2) is 0 Å². The standard InChI is InChI=1S/C16H32N2O/c1-3-17-16(13-19)11-7-10-15(12-16)18(2)14-8-5-4-6-9-14/h14-15,17,19H,3-13H2,1-2H3. The van der Waals surface area contributed by atoms with Crippen LogP contribution in [0.3, 0.4) is 0 Å². The van der Waals surface area contributed by atoms with Gasteiger partial charge in [0.25, 0.3) is 0 Å². The Morgan fingerprint density at radius 3 is 2.42 bits per heavy atom. The highest BCUT2D eigenvalue weighted by Crippen LogP contribution is 2.33. The molecule has 2 rings (SSSR count). The van der Waals surface area contributed by atoms with Crippen molar-refractivity contribution in [2.75, 3.05) is 20.2 Å². The normalized spacial score (nSPS) is 33.8. The number of hydrogen-bond donors (Lipinski definition) is 2. The van der Waals surface area contributed by atoms with Gasteiger partial charge in [-0.05, 0) is 52.1 Å². The van der Waals surface area contributed by atoms with Crippen LogP contribution >= 0.6 is 0 Å². The lowest BCUT2D eigenvalue weighted by Crippen LogP contribution is -2.56.